The van der Waals surface area contributed by atoms with E-state index in [0.717, 1.165) is 23.4 Å². The second-order valence-electron chi connectivity index (χ2n) is 5.57. The average molecular weight is 330 g/mol. The summed E-state index contributed by atoms with van der Waals surface area (Å²) in [4.78, 5) is 4.21. The van der Waals surface area contributed by atoms with Crippen LogP contribution in [0.5, 0.6) is 0 Å². The molecule has 2 aromatic carbocycles. The molecule has 22 heavy (non-hydrogen) atoms. The van der Waals surface area contributed by atoms with Gasteiger partial charge in [0.05, 0.1) is 12.4 Å². The highest BCUT2D eigenvalue weighted by Gasteiger charge is 2.27. The standard InChI is InChI=1S/C18H14Cl2N2/c19-14-9-13-6-5-12-3-1-2-4-15(12)18(17(13)16(20)10-14)22-8-7-21-11-22/h1-4,7-11,18H,5-6H2/p+1/t18-/m1/s1. The smallest absolute Gasteiger partial charge is 0.326 e. The first-order valence-electron chi connectivity index (χ1n) is 7.27. The minimum absolute atomic E-state index is 0. The van der Waals surface area contributed by atoms with Gasteiger partial charge < -0.3 is 4.57 Å². The largest absolute Gasteiger partial charge is 1.00 e. The number of aromatic nitrogens is 2. The number of fused-ring (bicyclic) bond motifs is 2. The van der Waals surface area contributed by atoms with Crippen LogP contribution in [0.4, 0.5) is 0 Å². The van der Waals surface area contributed by atoms with Crippen molar-refractivity contribution in [2.45, 2.75) is 18.9 Å². The Labute approximate surface area is 140 Å². The van der Waals surface area contributed by atoms with Gasteiger partial charge in [-0.2, -0.15) is 0 Å². The predicted molar refractivity (Wildman–Crippen MR) is 90.9 cm³/mol. The zero-order valence-electron chi connectivity index (χ0n) is 12.8. The lowest BCUT2D eigenvalue weighted by atomic mass is 9.94. The zero-order chi connectivity index (χ0) is 15.1. The number of rotatable bonds is 1. The van der Waals surface area contributed by atoms with Gasteiger partial charge in [0, 0.05) is 28.0 Å². The first-order valence-corrected chi connectivity index (χ1v) is 8.02. The maximum absolute atomic E-state index is 6.58. The van der Waals surface area contributed by atoms with Crippen LogP contribution < -0.4 is 0 Å². The maximum atomic E-state index is 6.58. The van der Waals surface area contributed by atoms with Crippen molar-refractivity contribution in [1.82, 2.24) is 9.55 Å². The molecule has 0 amide bonds. The van der Waals surface area contributed by atoms with E-state index in [9.17, 15) is 0 Å². The Balaban J connectivity index is 0.00000156. The Morgan fingerprint density at radius 3 is 2.73 bits per heavy atom. The van der Waals surface area contributed by atoms with Gasteiger partial charge in [-0.1, -0.05) is 47.5 Å². The molecule has 3 aromatic rings. The van der Waals surface area contributed by atoms with Crippen molar-refractivity contribution in [3.05, 3.63) is 87.4 Å². The summed E-state index contributed by atoms with van der Waals surface area (Å²) in [5.41, 5.74) is 4.98. The molecule has 1 aliphatic rings. The SMILES string of the molecule is Clc1cc(Cl)c2c(c1)CCc1ccccc1[C@H]2n1ccnc1.[H+]. The van der Waals surface area contributed by atoms with E-state index in [-0.39, 0.29) is 7.47 Å². The average Bonchev–Trinajstić information content (AvgIpc) is 2.97. The summed E-state index contributed by atoms with van der Waals surface area (Å²) >= 11 is 12.8. The number of nitrogens with zero attached hydrogens (tertiary/aromatic N) is 2. The van der Waals surface area contributed by atoms with Crippen LogP contribution in [-0.2, 0) is 12.8 Å². The molecule has 1 atom stereocenters. The molecule has 0 spiro atoms. The third kappa shape index (κ3) is 2.23. The molecule has 1 aliphatic carbocycles. The van der Waals surface area contributed by atoms with Crippen LogP contribution in [0.15, 0.2) is 55.1 Å². The van der Waals surface area contributed by atoms with Crippen LogP contribution in [0.2, 0.25) is 10.0 Å². The number of aryl methyl sites for hydroxylation is 2. The van der Waals surface area contributed by atoms with Crippen molar-refractivity contribution in [3.63, 3.8) is 0 Å². The lowest BCUT2D eigenvalue weighted by molar-refractivity contribution is 0.673. The minimum atomic E-state index is 0. The predicted octanol–water partition coefficient (Wildman–Crippen LogP) is 5.04. The third-order valence-corrected chi connectivity index (χ3v) is 4.82. The van der Waals surface area contributed by atoms with Crippen molar-refractivity contribution < 1.29 is 1.43 Å². The van der Waals surface area contributed by atoms with Crippen LogP contribution in [0.3, 0.4) is 0 Å². The molecule has 0 fully saturated rings. The zero-order valence-corrected chi connectivity index (χ0v) is 13.3. The summed E-state index contributed by atoms with van der Waals surface area (Å²) in [6.45, 7) is 0. The van der Waals surface area contributed by atoms with Crippen molar-refractivity contribution in [1.29, 1.82) is 0 Å². The number of hydrogen-bond acceptors (Lipinski definition) is 1. The molecule has 0 N–H and O–H groups in total. The topological polar surface area (TPSA) is 17.8 Å². The molecule has 0 radical (unpaired) electrons. The number of halogens is 2. The van der Waals surface area contributed by atoms with E-state index in [2.05, 4.69) is 33.8 Å². The van der Waals surface area contributed by atoms with E-state index in [1.807, 2.05) is 24.7 Å². The van der Waals surface area contributed by atoms with Crippen molar-refractivity contribution in [2.75, 3.05) is 0 Å². The summed E-state index contributed by atoms with van der Waals surface area (Å²) in [7, 11) is 0. The molecule has 0 aliphatic heterocycles. The van der Waals surface area contributed by atoms with Gasteiger partial charge in [0.15, 0.2) is 0 Å². The van der Waals surface area contributed by atoms with Gasteiger partial charge in [0.25, 0.3) is 0 Å². The van der Waals surface area contributed by atoms with Crippen LogP contribution in [0, 0.1) is 0 Å². The quantitative estimate of drug-likeness (QED) is 0.611. The fraction of sp³-hybridized carbons (Fsp3) is 0.167. The molecular weight excluding hydrogens is 315 g/mol. The molecule has 110 valence electrons. The fourth-order valence-electron chi connectivity index (χ4n) is 3.34. The van der Waals surface area contributed by atoms with E-state index < -0.39 is 0 Å². The fourth-order valence-corrected chi connectivity index (χ4v) is 3.98. The third-order valence-electron chi connectivity index (χ3n) is 4.29. The molecular formula is C18H15Cl2N2+. The monoisotopic (exact) mass is 329 g/mol. The first kappa shape index (κ1) is 13.9. The number of hydrogen-bond donors (Lipinski definition) is 0. The summed E-state index contributed by atoms with van der Waals surface area (Å²) < 4.78 is 2.11. The van der Waals surface area contributed by atoms with E-state index in [4.69, 9.17) is 23.2 Å². The molecule has 0 bridgehead atoms. The highest BCUT2D eigenvalue weighted by Crippen LogP contribution is 2.40. The highest BCUT2D eigenvalue weighted by molar-refractivity contribution is 6.35. The normalized spacial score (nSPS) is 16.7. The van der Waals surface area contributed by atoms with Gasteiger partial charge in [-0.05, 0) is 41.7 Å². The molecule has 2 nitrogen and oxygen atoms in total. The van der Waals surface area contributed by atoms with Crippen LogP contribution in [0.25, 0.3) is 0 Å². The minimum Gasteiger partial charge on any atom is -0.326 e. The van der Waals surface area contributed by atoms with Crippen molar-refractivity contribution in [2.24, 2.45) is 0 Å². The van der Waals surface area contributed by atoms with Crippen molar-refractivity contribution in [3.8, 4) is 0 Å². The molecule has 0 saturated carbocycles. The van der Waals surface area contributed by atoms with Crippen LogP contribution in [0.1, 0.15) is 29.7 Å². The van der Waals surface area contributed by atoms with E-state index in [0.29, 0.717) is 5.02 Å². The van der Waals surface area contributed by atoms with Crippen LogP contribution in [-0.4, -0.2) is 9.55 Å². The molecule has 4 heteroatoms. The molecule has 0 unspecified atom stereocenters. The second kappa shape index (κ2) is 5.45. The Kier molecular flexibility index (Phi) is 3.44. The molecule has 1 heterocycles. The lowest BCUT2D eigenvalue weighted by Gasteiger charge is -2.23. The van der Waals surface area contributed by atoms with E-state index in [1.54, 1.807) is 6.20 Å². The summed E-state index contributed by atoms with van der Waals surface area (Å²) in [6, 6.07) is 12.5. The van der Waals surface area contributed by atoms with E-state index >= 15 is 0 Å². The Bertz CT molecular complexity index is 831. The Hall–Kier alpha value is -1.77. The van der Waals surface area contributed by atoms with Crippen LogP contribution >= 0.6 is 23.2 Å². The van der Waals surface area contributed by atoms with Crippen molar-refractivity contribution >= 4 is 23.2 Å². The first-order chi connectivity index (χ1) is 10.7. The summed E-state index contributed by atoms with van der Waals surface area (Å²) in [5.74, 6) is 0. The van der Waals surface area contributed by atoms with Gasteiger partial charge in [0.2, 0.25) is 0 Å². The molecule has 4 rings (SSSR count). The lowest BCUT2D eigenvalue weighted by Crippen LogP contribution is -2.13. The maximum Gasteiger partial charge on any atom is 1.00 e. The van der Waals surface area contributed by atoms with Gasteiger partial charge in [-0.15, -0.1) is 0 Å². The highest BCUT2D eigenvalue weighted by atomic mass is 35.5. The van der Waals surface area contributed by atoms with Gasteiger partial charge in [-0.3, -0.25) is 0 Å². The van der Waals surface area contributed by atoms with E-state index in [1.165, 1.54) is 16.7 Å². The van der Waals surface area contributed by atoms with Gasteiger partial charge >= 0.3 is 1.43 Å². The molecule has 0 saturated heterocycles. The Morgan fingerprint density at radius 2 is 1.91 bits per heavy atom. The molecule has 1 aromatic heterocycles. The Morgan fingerprint density at radius 1 is 1.09 bits per heavy atom. The number of imidazole rings is 1. The second-order valence-corrected chi connectivity index (χ2v) is 6.42. The summed E-state index contributed by atoms with van der Waals surface area (Å²) in [5, 5.41) is 1.41. The van der Waals surface area contributed by atoms with Gasteiger partial charge in [-0.25, -0.2) is 4.98 Å². The number of benzene rings is 2. The van der Waals surface area contributed by atoms with Gasteiger partial charge in [0.1, 0.15) is 0 Å². The summed E-state index contributed by atoms with van der Waals surface area (Å²) in [6.07, 6.45) is 7.57.